The first-order valence-electron chi connectivity index (χ1n) is 26.4. The van der Waals surface area contributed by atoms with Gasteiger partial charge in [0.1, 0.15) is 12.4 Å². The van der Waals surface area contributed by atoms with Crippen molar-refractivity contribution in [2.24, 2.45) is 17.3 Å². The molecule has 2 aromatic carbocycles. The Morgan fingerprint density at radius 3 is 2.54 bits per heavy atom. The number of nitrogens with zero attached hydrogens (tertiary/aromatic N) is 5. The van der Waals surface area contributed by atoms with E-state index in [4.69, 9.17) is 14.5 Å². The van der Waals surface area contributed by atoms with Gasteiger partial charge in [0.05, 0.1) is 34.9 Å². The average molecular weight is 932 g/mol. The highest BCUT2D eigenvalue weighted by Gasteiger charge is 2.52. The monoisotopic (exact) mass is 932 g/mol. The molecule has 5 heterocycles. The van der Waals surface area contributed by atoms with Crippen molar-refractivity contribution in [2.75, 3.05) is 51.2 Å². The Bertz CT molecular complexity index is 2830. The van der Waals surface area contributed by atoms with Crippen LogP contribution in [0.25, 0.3) is 22.3 Å². The molecule has 2 saturated carbocycles. The average Bonchev–Trinajstić information content (AvgIpc) is 3.94. The number of pyridine rings is 2. The number of carbonyl (C=O) groups excluding carboxylic acids is 3. The van der Waals surface area contributed by atoms with Crippen LogP contribution in [0.15, 0.2) is 76.1 Å². The van der Waals surface area contributed by atoms with Crippen LogP contribution in [0.3, 0.4) is 0 Å². The molecule has 1 saturated heterocycles. The number of amides is 1. The molecule has 0 spiro atoms. The summed E-state index contributed by atoms with van der Waals surface area (Å²) in [4.78, 5) is 63.9. The number of hydrogen-bond donors (Lipinski definition) is 0. The number of ketones is 1. The summed E-state index contributed by atoms with van der Waals surface area (Å²) in [5.74, 6) is 2.01. The number of rotatable bonds is 12. The molecule has 3 fully saturated rings. The van der Waals surface area contributed by atoms with Crippen LogP contribution >= 0.6 is 0 Å². The number of fused-ring (bicyclic) bond motifs is 9. The van der Waals surface area contributed by atoms with Crippen molar-refractivity contribution in [3.63, 3.8) is 0 Å². The normalized spacial score (nSPS) is 25.0. The van der Waals surface area contributed by atoms with E-state index in [-0.39, 0.29) is 24.2 Å². The molecule has 362 valence electrons. The van der Waals surface area contributed by atoms with Crippen LogP contribution in [0.1, 0.15) is 144 Å². The molecule has 3 aliphatic heterocycles. The van der Waals surface area contributed by atoms with Crippen LogP contribution < -0.4 is 15.2 Å². The predicted molar refractivity (Wildman–Crippen MR) is 270 cm³/mol. The van der Waals surface area contributed by atoms with Gasteiger partial charge in [-0.15, -0.1) is 0 Å². The smallest absolute Gasteiger partial charge is 0.415 e. The lowest BCUT2D eigenvalue weighted by Gasteiger charge is -2.51. The zero-order chi connectivity index (χ0) is 47.6. The van der Waals surface area contributed by atoms with Gasteiger partial charge in [-0.25, -0.2) is 9.78 Å². The van der Waals surface area contributed by atoms with Gasteiger partial charge < -0.3 is 23.8 Å². The van der Waals surface area contributed by atoms with Crippen LogP contribution in [0, 0.1) is 17.3 Å². The maximum absolute atomic E-state index is 13.7. The topological polar surface area (TPSA) is 114 Å². The van der Waals surface area contributed by atoms with Crippen LogP contribution in [-0.2, 0) is 33.9 Å². The third-order valence-corrected chi connectivity index (χ3v) is 17.7. The minimum absolute atomic E-state index is 0.00279. The Kier molecular flexibility index (Phi) is 12.4. The Hall–Kier alpha value is -5.55. The molecular weight excluding hydrogens is 863 g/mol. The number of benzene rings is 2. The zero-order valence-electron chi connectivity index (χ0n) is 41.2. The lowest BCUT2D eigenvalue weighted by atomic mass is 9.53. The summed E-state index contributed by atoms with van der Waals surface area (Å²) in [6, 6.07) is 17.1. The molecule has 4 aromatic rings. The van der Waals surface area contributed by atoms with E-state index in [1.165, 1.54) is 61.8 Å². The van der Waals surface area contributed by atoms with Crippen LogP contribution in [-0.4, -0.2) is 83.5 Å². The first-order chi connectivity index (χ1) is 33.5. The molecule has 0 N–H and O–H groups in total. The minimum atomic E-state index is -0.452. The number of unbranched alkanes of at least 4 members (excludes halogenated alkanes) is 3. The number of aryl methyl sites for hydroxylation is 1. The molecule has 11 heteroatoms. The SMILES string of the molecule is CCc1c2c(nc3ccc(OC(=O)N4CCN(CCCCCCN(C)c5ccc([C@H]6C[C@]7(C)CCCC7[C@@H]7CCC8=CC(=O)CCC8=C76)cc5)CC4)cc13)-c1cc3c(c(=O)n1C2)COC(=O)[C@@H]3CC. The van der Waals surface area contributed by atoms with Crippen molar-refractivity contribution in [3.05, 3.63) is 109 Å². The van der Waals surface area contributed by atoms with Gasteiger partial charge in [0.2, 0.25) is 0 Å². The number of esters is 1. The maximum Gasteiger partial charge on any atom is 0.415 e. The van der Waals surface area contributed by atoms with Gasteiger partial charge in [-0.3, -0.25) is 19.3 Å². The fourth-order valence-corrected chi connectivity index (χ4v) is 14.0. The van der Waals surface area contributed by atoms with Crippen molar-refractivity contribution in [3.8, 4) is 17.1 Å². The summed E-state index contributed by atoms with van der Waals surface area (Å²) < 4.78 is 13.1. The summed E-state index contributed by atoms with van der Waals surface area (Å²) in [7, 11) is 2.23. The highest BCUT2D eigenvalue weighted by atomic mass is 16.6. The summed E-state index contributed by atoms with van der Waals surface area (Å²) in [6.07, 6.45) is 16.9. The third kappa shape index (κ3) is 8.34. The molecule has 0 radical (unpaired) electrons. The van der Waals surface area contributed by atoms with E-state index < -0.39 is 5.92 Å². The number of cyclic esters (lactones) is 1. The predicted octanol–water partition coefficient (Wildman–Crippen LogP) is 10.6. The van der Waals surface area contributed by atoms with Gasteiger partial charge in [-0.05, 0) is 158 Å². The summed E-state index contributed by atoms with van der Waals surface area (Å²) in [5, 5.41) is 0.917. The van der Waals surface area contributed by atoms with Crippen molar-refractivity contribution >= 4 is 34.4 Å². The van der Waals surface area contributed by atoms with Gasteiger partial charge in [0.15, 0.2) is 5.78 Å². The third-order valence-electron chi connectivity index (χ3n) is 17.7. The maximum atomic E-state index is 13.7. The molecule has 4 aliphatic carbocycles. The number of carbonyl (C=O) groups is 3. The fourth-order valence-electron chi connectivity index (χ4n) is 14.0. The molecule has 11 rings (SSSR count). The van der Waals surface area contributed by atoms with E-state index in [2.05, 4.69) is 55.0 Å². The molecule has 0 bridgehead atoms. The van der Waals surface area contributed by atoms with Crippen molar-refractivity contribution in [1.82, 2.24) is 19.4 Å². The molecule has 11 nitrogen and oxygen atoms in total. The van der Waals surface area contributed by atoms with Gasteiger partial charge in [0.25, 0.3) is 5.56 Å². The van der Waals surface area contributed by atoms with E-state index >= 15 is 0 Å². The Morgan fingerprint density at radius 1 is 0.928 bits per heavy atom. The first-order valence-corrected chi connectivity index (χ1v) is 26.4. The number of ether oxygens (including phenoxy) is 2. The molecular formula is C58H69N5O6. The van der Waals surface area contributed by atoms with Gasteiger partial charge in [-0.2, -0.15) is 0 Å². The highest BCUT2D eigenvalue weighted by Crippen LogP contribution is 2.64. The second-order valence-corrected chi connectivity index (χ2v) is 21.6. The minimum Gasteiger partial charge on any atom is -0.460 e. The fraction of sp³-hybridized carbons (Fsp3) is 0.534. The summed E-state index contributed by atoms with van der Waals surface area (Å²) >= 11 is 0. The molecule has 1 unspecified atom stereocenters. The second-order valence-electron chi connectivity index (χ2n) is 21.6. The number of piperazine rings is 1. The molecule has 2 aromatic heterocycles. The highest BCUT2D eigenvalue weighted by molar-refractivity contribution is 5.93. The van der Waals surface area contributed by atoms with E-state index in [1.807, 2.05) is 36.1 Å². The van der Waals surface area contributed by atoms with E-state index in [1.54, 1.807) is 21.8 Å². The second kappa shape index (κ2) is 18.6. The Labute approximate surface area is 406 Å². The van der Waals surface area contributed by atoms with Crippen LogP contribution in [0.2, 0.25) is 0 Å². The molecule has 7 aliphatic rings. The number of anilines is 1. The first kappa shape index (κ1) is 45.9. The number of aromatic nitrogens is 2. The van der Waals surface area contributed by atoms with Crippen molar-refractivity contribution < 1.29 is 23.9 Å². The summed E-state index contributed by atoms with van der Waals surface area (Å²) in [5.41, 5.74) is 13.4. The van der Waals surface area contributed by atoms with Crippen LogP contribution in [0.4, 0.5) is 10.5 Å². The molecule has 5 atom stereocenters. The van der Waals surface area contributed by atoms with Crippen LogP contribution in [0.5, 0.6) is 5.75 Å². The molecule has 69 heavy (non-hydrogen) atoms. The van der Waals surface area contributed by atoms with Gasteiger partial charge >= 0.3 is 12.1 Å². The van der Waals surface area contributed by atoms with Crippen molar-refractivity contribution in [1.29, 1.82) is 0 Å². The standard InChI is InChI=1S/C58H69N5O6/c1-5-41-46-31-40(19-22-51(46)59-54-48(41)34-63-52(54)32-45-42(6-2)56(66)68-35-49(45)55(63)65)69-57(67)62-28-26-61(27-29-62)25-10-8-7-9-24-60(4)38-16-13-36(14-17-38)47-33-58(3)23-11-12-50(58)44-20-15-37-30-39(64)18-21-43(37)53(44)47/h13-14,16-17,19,22,30-32,42,44,47,50H,5-12,15,18,20-21,23-29,33-35H2,1-4H3/t42-,44+,47-,50?,58+/m1/s1. The largest absolute Gasteiger partial charge is 0.460 e. The molecule has 1 amide bonds. The van der Waals surface area contributed by atoms with E-state index in [0.29, 0.717) is 66.8 Å². The lowest BCUT2D eigenvalue weighted by molar-refractivity contribution is -0.148. The summed E-state index contributed by atoms with van der Waals surface area (Å²) in [6.45, 7) is 12.0. The Morgan fingerprint density at radius 2 is 1.74 bits per heavy atom. The van der Waals surface area contributed by atoms with Gasteiger partial charge in [0, 0.05) is 68.7 Å². The van der Waals surface area contributed by atoms with E-state index in [0.717, 1.165) is 103 Å². The van der Waals surface area contributed by atoms with Crippen molar-refractivity contribution in [2.45, 2.75) is 136 Å². The number of allylic oxidation sites excluding steroid dienone is 4. The lowest BCUT2D eigenvalue weighted by Crippen LogP contribution is -2.49. The number of hydrogen-bond acceptors (Lipinski definition) is 9. The van der Waals surface area contributed by atoms with Gasteiger partial charge in [-0.1, -0.05) is 57.7 Å². The quantitative estimate of drug-likeness (QED) is 0.0891. The zero-order valence-corrected chi connectivity index (χ0v) is 41.2. The Balaban J connectivity index is 0.643. The van der Waals surface area contributed by atoms with E-state index in [9.17, 15) is 19.2 Å².